The van der Waals surface area contributed by atoms with Crippen LogP contribution < -0.4 is 4.90 Å². The van der Waals surface area contributed by atoms with Crippen molar-refractivity contribution in [3.05, 3.63) is 76.5 Å². The molecule has 1 aliphatic carbocycles. The molecular weight excluding hydrogens is 322 g/mol. The molecule has 1 unspecified atom stereocenters. The number of Topliss-reactive ketones (excluding diaryl/α,β-unsaturated/α-hetero) is 1. The summed E-state index contributed by atoms with van der Waals surface area (Å²) in [6, 6.07) is 16.1. The van der Waals surface area contributed by atoms with Crippen LogP contribution in [0.5, 0.6) is 0 Å². The van der Waals surface area contributed by atoms with E-state index in [1.165, 1.54) is 0 Å². The van der Waals surface area contributed by atoms with Gasteiger partial charge in [-0.1, -0.05) is 36.4 Å². The van der Waals surface area contributed by atoms with E-state index in [9.17, 15) is 9.59 Å². The van der Waals surface area contributed by atoms with E-state index < -0.39 is 0 Å². The van der Waals surface area contributed by atoms with E-state index in [1.54, 1.807) is 0 Å². The third-order valence-corrected chi connectivity index (χ3v) is 5.34. The number of hydrogen-bond acceptors (Lipinski definition) is 2. The van der Waals surface area contributed by atoms with Gasteiger partial charge in [-0.2, -0.15) is 0 Å². The Kier molecular flexibility index (Phi) is 4.23. The molecule has 0 bridgehead atoms. The monoisotopic (exact) mass is 345 g/mol. The Morgan fingerprint density at radius 3 is 2.31 bits per heavy atom. The summed E-state index contributed by atoms with van der Waals surface area (Å²) in [4.78, 5) is 27.8. The number of aryl methyl sites for hydroxylation is 2. The summed E-state index contributed by atoms with van der Waals surface area (Å²) in [5, 5.41) is 0. The van der Waals surface area contributed by atoms with E-state index in [1.807, 2.05) is 61.2 Å². The highest BCUT2D eigenvalue weighted by Gasteiger charge is 2.39. The molecule has 0 aromatic heterocycles. The average Bonchev–Trinajstić information content (AvgIpc) is 2.61. The number of rotatable bonds is 2. The molecule has 2 aliphatic rings. The molecule has 0 saturated carbocycles. The second kappa shape index (κ2) is 6.56. The number of ketones is 1. The lowest BCUT2D eigenvalue weighted by atomic mass is 9.77. The SMILES string of the molecule is Cc1cc(C)cc(N2C(=O)CC(c3ccccc3)C3=C2CCCC3=O)c1. The molecule has 1 amide bonds. The van der Waals surface area contributed by atoms with Crippen molar-refractivity contribution in [1.82, 2.24) is 0 Å². The van der Waals surface area contributed by atoms with Crippen molar-refractivity contribution < 1.29 is 9.59 Å². The lowest BCUT2D eigenvalue weighted by Crippen LogP contribution is -2.40. The summed E-state index contributed by atoms with van der Waals surface area (Å²) >= 11 is 0. The van der Waals surface area contributed by atoms with E-state index in [2.05, 4.69) is 6.07 Å². The molecular formula is C23H23NO2. The number of anilines is 1. The highest BCUT2D eigenvalue weighted by Crippen LogP contribution is 2.43. The van der Waals surface area contributed by atoms with Gasteiger partial charge in [0.1, 0.15) is 0 Å². The first-order valence-electron chi connectivity index (χ1n) is 9.27. The van der Waals surface area contributed by atoms with Crippen LogP contribution in [-0.2, 0) is 9.59 Å². The second-order valence-electron chi connectivity index (χ2n) is 7.38. The fourth-order valence-corrected chi connectivity index (χ4v) is 4.34. The number of carbonyl (C=O) groups excluding carboxylic acids is 2. The first-order chi connectivity index (χ1) is 12.5. The highest BCUT2D eigenvalue weighted by molar-refractivity contribution is 6.07. The predicted octanol–water partition coefficient (Wildman–Crippen LogP) is 4.83. The first-order valence-corrected chi connectivity index (χ1v) is 9.27. The smallest absolute Gasteiger partial charge is 0.232 e. The molecule has 0 fully saturated rings. The zero-order valence-electron chi connectivity index (χ0n) is 15.3. The second-order valence-corrected chi connectivity index (χ2v) is 7.38. The molecule has 132 valence electrons. The summed E-state index contributed by atoms with van der Waals surface area (Å²) < 4.78 is 0. The summed E-state index contributed by atoms with van der Waals surface area (Å²) in [7, 11) is 0. The van der Waals surface area contributed by atoms with Gasteiger partial charge in [-0.05, 0) is 55.5 Å². The van der Waals surface area contributed by atoms with Gasteiger partial charge in [0.2, 0.25) is 5.91 Å². The maximum atomic E-state index is 13.1. The van der Waals surface area contributed by atoms with Crippen LogP contribution >= 0.6 is 0 Å². The van der Waals surface area contributed by atoms with Crippen LogP contribution in [0.1, 0.15) is 48.3 Å². The minimum atomic E-state index is -0.117. The van der Waals surface area contributed by atoms with E-state index >= 15 is 0 Å². The topological polar surface area (TPSA) is 37.4 Å². The molecule has 2 aromatic rings. The normalized spacial score (nSPS) is 20.4. The zero-order chi connectivity index (χ0) is 18.3. The molecule has 3 heteroatoms. The van der Waals surface area contributed by atoms with Crippen LogP contribution in [0.3, 0.4) is 0 Å². The predicted molar refractivity (Wildman–Crippen MR) is 103 cm³/mol. The quantitative estimate of drug-likeness (QED) is 0.782. The minimum absolute atomic E-state index is 0.0808. The molecule has 4 rings (SSSR count). The van der Waals surface area contributed by atoms with Crippen LogP contribution in [0.15, 0.2) is 59.8 Å². The molecule has 1 heterocycles. The van der Waals surface area contributed by atoms with Gasteiger partial charge in [0, 0.05) is 35.7 Å². The zero-order valence-corrected chi connectivity index (χ0v) is 15.3. The van der Waals surface area contributed by atoms with Gasteiger partial charge in [-0.25, -0.2) is 0 Å². The number of carbonyl (C=O) groups is 2. The Labute approximate surface area is 154 Å². The lowest BCUT2D eigenvalue weighted by molar-refractivity contribution is -0.119. The third-order valence-electron chi connectivity index (χ3n) is 5.34. The maximum Gasteiger partial charge on any atom is 0.232 e. The number of benzene rings is 2. The lowest BCUT2D eigenvalue weighted by Gasteiger charge is -2.38. The van der Waals surface area contributed by atoms with Gasteiger partial charge in [-0.3, -0.25) is 14.5 Å². The van der Waals surface area contributed by atoms with Gasteiger partial charge >= 0.3 is 0 Å². The van der Waals surface area contributed by atoms with Crippen LogP contribution in [0.4, 0.5) is 5.69 Å². The number of hydrogen-bond donors (Lipinski definition) is 0. The molecule has 0 N–H and O–H groups in total. The molecule has 26 heavy (non-hydrogen) atoms. The Morgan fingerprint density at radius 2 is 1.62 bits per heavy atom. The number of nitrogens with zero attached hydrogens (tertiary/aromatic N) is 1. The Bertz CT molecular complexity index is 891. The van der Waals surface area contributed by atoms with E-state index in [-0.39, 0.29) is 17.6 Å². The van der Waals surface area contributed by atoms with Crippen LogP contribution in [-0.4, -0.2) is 11.7 Å². The maximum absolute atomic E-state index is 13.1. The molecule has 0 spiro atoms. The fraction of sp³-hybridized carbons (Fsp3) is 0.304. The van der Waals surface area contributed by atoms with Crippen molar-refractivity contribution in [3.8, 4) is 0 Å². The van der Waals surface area contributed by atoms with Crippen molar-refractivity contribution in [2.45, 2.75) is 45.4 Å². The molecule has 1 aliphatic heterocycles. The molecule has 3 nitrogen and oxygen atoms in total. The van der Waals surface area contributed by atoms with Crippen molar-refractivity contribution in [3.63, 3.8) is 0 Å². The van der Waals surface area contributed by atoms with Gasteiger partial charge in [0.15, 0.2) is 5.78 Å². The van der Waals surface area contributed by atoms with Gasteiger partial charge in [0.05, 0.1) is 0 Å². The van der Waals surface area contributed by atoms with Crippen LogP contribution in [0, 0.1) is 13.8 Å². The van der Waals surface area contributed by atoms with E-state index in [0.29, 0.717) is 12.8 Å². The van der Waals surface area contributed by atoms with Crippen LogP contribution in [0.25, 0.3) is 0 Å². The van der Waals surface area contributed by atoms with Gasteiger partial charge in [-0.15, -0.1) is 0 Å². The van der Waals surface area contributed by atoms with Crippen molar-refractivity contribution in [1.29, 1.82) is 0 Å². The standard InChI is InChI=1S/C23H23NO2/c1-15-11-16(2)13-18(12-15)24-20-9-6-10-21(25)23(20)19(14-22(24)26)17-7-4-3-5-8-17/h3-5,7-8,11-13,19H,6,9-10,14H2,1-2H3. The Hall–Kier alpha value is -2.68. The van der Waals surface area contributed by atoms with Gasteiger partial charge < -0.3 is 0 Å². The van der Waals surface area contributed by atoms with E-state index in [0.717, 1.165) is 46.5 Å². The van der Waals surface area contributed by atoms with Gasteiger partial charge in [0.25, 0.3) is 0 Å². The summed E-state index contributed by atoms with van der Waals surface area (Å²) in [5.74, 6) is 0.160. The molecule has 0 saturated heterocycles. The largest absolute Gasteiger partial charge is 0.294 e. The molecule has 1 atom stereocenters. The average molecular weight is 345 g/mol. The van der Waals surface area contributed by atoms with E-state index in [4.69, 9.17) is 0 Å². The molecule has 0 radical (unpaired) electrons. The first kappa shape index (κ1) is 16.8. The summed E-state index contributed by atoms with van der Waals surface area (Å²) in [6.45, 7) is 4.08. The van der Waals surface area contributed by atoms with Crippen LogP contribution in [0.2, 0.25) is 0 Å². The Morgan fingerprint density at radius 1 is 0.923 bits per heavy atom. The number of allylic oxidation sites excluding steroid dienone is 2. The number of amides is 1. The molecule has 2 aromatic carbocycles. The fourth-order valence-electron chi connectivity index (χ4n) is 4.34. The van der Waals surface area contributed by atoms with Crippen molar-refractivity contribution in [2.24, 2.45) is 0 Å². The Balaban J connectivity index is 1.88. The third kappa shape index (κ3) is 2.88. The highest BCUT2D eigenvalue weighted by atomic mass is 16.2. The minimum Gasteiger partial charge on any atom is -0.294 e. The summed E-state index contributed by atoms with van der Waals surface area (Å²) in [6.07, 6.45) is 2.52. The summed E-state index contributed by atoms with van der Waals surface area (Å²) in [5.41, 5.74) is 5.96. The van der Waals surface area contributed by atoms with Crippen molar-refractivity contribution >= 4 is 17.4 Å². The van der Waals surface area contributed by atoms with Crippen molar-refractivity contribution in [2.75, 3.05) is 4.90 Å².